The maximum atomic E-state index is 12.7. The molecule has 2 aliphatic heterocycles. The first-order valence-corrected chi connectivity index (χ1v) is 7.38. The Morgan fingerprint density at radius 2 is 1.83 bits per heavy atom. The predicted octanol–water partition coefficient (Wildman–Crippen LogP) is 1.88. The first kappa shape index (κ1) is 12.5. The van der Waals surface area contributed by atoms with Crippen LogP contribution in [-0.4, -0.2) is 36.5 Å². The van der Waals surface area contributed by atoms with Gasteiger partial charge < -0.3 is 10.2 Å². The van der Waals surface area contributed by atoms with Crippen LogP contribution in [0.25, 0.3) is 0 Å². The quantitative estimate of drug-likeness (QED) is 0.770. The number of nitrogens with zero attached hydrogens (tertiary/aromatic N) is 1. The van der Waals surface area contributed by atoms with Crippen LogP contribution < -0.4 is 5.32 Å². The minimum Gasteiger partial charge on any atom is -0.341 e. The molecule has 0 aromatic carbocycles. The van der Waals surface area contributed by atoms with Crippen LogP contribution in [0.2, 0.25) is 0 Å². The van der Waals surface area contributed by atoms with Crippen molar-refractivity contribution in [3.63, 3.8) is 0 Å². The zero-order valence-corrected chi connectivity index (χ0v) is 12.1. The van der Waals surface area contributed by atoms with E-state index >= 15 is 0 Å². The molecule has 1 N–H and O–H groups in total. The summed E-state index contributed by atoms with van der Waals surface area (Å²) in [5.74, 6) is 1.33. The Kier molecular flexibility index (Phi) is 2.58. The van der Waals surface area contributed by atoms with E-state index in [-0.39, 0.29) is 16.7 Å². The number of likely N-dealkylation sites (tertiary alicyclic amines) is 1. The molecule has 3 rings (SSSR count). The highest BCUT2D eigenvalue weighted by atomic mass is 16.2. The topological polar surface area (TPSA) is 32.3 Å². The summed E-state index contributed by atoms with van der Waals surface area (Å²) < 4.78 is 0. The van der Waals surface area contributed by atoms with Gasteiger partial charge in [-0.25, -0.2) is 0 Å². The van der Waals surface area contributed by atoms with Crippen LogP contribution in [0.5, 0.6) is 0 Å². The first-order valence-electron chi connectivity index (χ1n) is 7.38. The molecule has 2 saturated heterocycles. The highest BCUT2D eigenvalue weighted by molar-refractivity contribution is 5.84. The van der Waals surface area contributed by atoms with E-state index < -0.39 is 0 Å². The Bertz CT molecular complexity index is 347. The Balaban J connectivity index is 1.69. The van der Waals surface area contributed by atoms with Gasteiger partial charge in [0.05, 0.1) is 0 Å². The summed E-state index contributed by atoms with van der Waals surface area (Å²) in [5, 5.41) is 3.57. The van der Waals surface area contributed by atoms with E-state index in [2.05, 4.69) is 37.9 Å². The van der Waals surface area contributed by atoms with E-state index in [0.29, 0.717) is 17.9 Å². The second-order valence-corrected chi connectivity index (χ2v) is 7.58. The molecule has 0 aromatic heterocycles. The van der Waals surface area contributed by atoms with Crippen LogP contribution in [0.3, 0.4) is 0 Å². The summed E-state index contributed by atoms with van der Waals surface area (Å²) in [6, 6.07) is 0.563. The van der Waals surface area contributed by atoms with Crippen LogP contribution in [0.1, 0.15) is 40.5 Å². The molecule has 1 saturated carbocycles. The molecule has 3 nitrogen and oxygen atoms in total. The lowest BCUT2D eigenvalue weighted by Crippen LogP contribution is -2.41. The number of hydrogen-bond donors (Lipinski definition) is 1. The Morgan fingerprint density at radius 1 is 1.17 bits per heavy atom. The number of rotatable bonds is 1. The first-order chi connectivity index (χ1) is 8.35. The Labute approximate surface area is 110 Å². The fraction of sp³-hybridized carbons (Fsp3) is 0.933. The van der Waals surface area contributed by atoms with Crippen LogP contribution in [0.15, 0.2) is 0 Å². The van der Waals surface area contributed by atoms with E-state index in [0.717, 1.165) is 19.6 Å². The molecule has 2 unspecified atom stereocenters. The highest BCUT2D eigenvalue weighted by Crippen LogP contribution is 2.68. The van der Waals surface area contributed by atoms with Crippen molar-refractivity contribution in [3.8, 4) is 0 Å². The van der Waals surface area contributed by atoms with Gasteiger partial charge in [-0.1, -0.05) is 27.7 Å². The van der Waals surface area contributed by atoms with Crippen molar-refractivity contribution < 1.29 is 4.79 Å². The van der Waals surface area contributed by atoms with Crippen molar-refractivity contribution in [2.75, 3.05) is 19.6 Å². The zero-order chi connectivity index (χ0) is 13.1. The molecule has 2 heterocycles. The maximum absolute atomic E-state index is 12.7. The summed E-state index contributed by atoms with van der Waals surface area (Å²) in [5.41, 5.74) is 0.344. The number of nitrogens with one attached hydrogen (secondary N) is 1. The van der Waals surface area contributed by atoms with Gasteiger partial charge in [0.15, 0.2) is 0 Å². The van der Waals surface area contributed by atoms with Gasteiger partial charge in [-0.05, 0) is 36.1 Å². The van der Waals surface area contributed by atoms with E-state index in [4.69, 9.17) is 0 Å². The SMILES string of the molecule is CC1(C)C(C(=O)N2CC3CCCNC3C2)C1(C)C. The molecule has 18 heavy (non-hydrogen) atoms. The van der Waals surface area contributed by atoms with Crippen molar-refractivity contribution in [3.05, 3.63) is 0 Å². The largest absolute Gasteiger partial charge is 0.341 e. The maximum Gasteiger partial charge on any atom is 0.226 e. The zero-order valence-electron chi connectivity index (χ0n) is 12.1. The summed E-state index contributed by atoms with van der Waals surface area (Å²) in [6.45, 7) is 12.0. The number of carbonyl (C=O) groups excluding carboxylic acids is 1. The van der Waals surface area contributed by atoms with E-state index in [9.17, 15) is 4.79 Å². The molecule has 2 atom stereocenters. The van der Waals surface area contributed by atoms with Gasteiger partial charge in [0, 0.05) is 25.0 Å². The standard InChI is InChI=1S/C15H26N2O/c1-14(2)12(15(14,3)4)13(18)17-8-10-6-5-7-16-11(10)9-17/h10-12,16H,5-9H2,1-4H3. The number of hydrogen-bond acceptors (Lipinski definition) is 2. The van der Waals surface area contributed by atoms with Gasteiger partial charge >= 0.3 is 0 Å². The lowest BCUT2D eigenvalue weighted by Gasteiger charge is -2.24. The van der Waals surface area contributed by atoms with Gasteiger partial charge in [-0.2, -0.15) is 0 Å². The summed E-state index contributed by atoms with van der Waals surface area (Å²) in [7, 11) is 0. The minimum absolute atomic E-state index is 0.172. The minimum atomic E-state index is 0.172. The molecule has 3 aliphatic rings. The molecule has 3 fully saturated rings. The molecule has 102 valence electrons. The van der Waals surface area contributed by atoms with Gasteiger partial charge in [-0.3, -0.25) is 4.79 Å². The van der Waals surface area contributed by atoms with Crippen LogP contribution >= 0.6 is 0 Å². The van der Waals surface area contributed by atoms with E-state index in [1.54, 1.807) is 0 Å². The Morgan fingerprint density at radius 3 is 2.39 bits per heavy atom. The van der Waals surface area contributed by atoms with Crippen molar-refractivity contribution in [1.82, 2.24) is 10.2 Å². The van der Waals surface area contributed by atoms with Crippen molar-refractivity contribution in [1.29, 1.82) is 0 Å². The molecule has 0 radical (unpaired) electrons. The van der Waals surface area contributed by atoms with Crippen molar-refractivity contribution >= 4 is 5.91 Å². The normalized spacial score (nSPS) is 37.4. The highest BCUT2D eigenvalue weighted by Gasteiger charge is 2.69. The lowest BCUT2D eigenvalue weighted by atomic mass is 9.94. The third-order valence-corrected chi connectivity index (χ3v) is 6.18. The number of carbonyl (C=O) groups is 1. The summed E-state index contributed by atoms with van der Waals surface area (Å²) >= 11 is 0. The van der Waals surface area contributed by atoms with Gasteiger partial charge in [-0.15, -0.1) is 0 Å². The summed E-state index contributed by atoms with van der Waals surface area (Å²) in [4.78, 5) is 14.8. The molecule has 1 amide bonds. The predicted molar refractivity (Wildman–Crippen MR) is 72.1 cm³/mol. The van der Waals surface area contributed by atoms with Gasteiger partial charge in [0.25, 0.3) is 0 Å². The molecular formula is C15H26N2O. The Hall–Kier alpha value is -0.570. The van der Waals surface area contributed by atoms with E-state index in [1.807, 2.05) is 0 Å². The molecular weight excluding hydrogens is 224 g/mol. The lowest BCUT2D eigenvalue weighted by molar-refractivity contribution is -0.133. The third kappa shape index (κ3) is 1.56. The van der Waals surface area contributed by atoms with Crippen LogP contribution in [0.4, 0.5) is 0 Å². The van der Waals surface area contributed by atoms with Gasteiger partial charge in [0.2, 0.25) is 5.91 Å². The number of piperidine rings is 1. The molecule has 3 heteroatoms. The van der Waals surface area contributed by atoms with Gasteiger partial charge in [0.1, 0.15) is 0 Å². The summed E-state index contributed by atoms with van der Waals surface area (Å²) in [6.07, 6.45) is 2.56. The average Bonchev–Trinajstić information content (AvgIpc) is 2.67. The van der Waals surface area contributed by atoms with Crippen molar-refractivity contribution in [2.24, 2.45) is 22.7 Å². The van der Waals surface area contributed by atoms with Crippen molar-refractivity contribution in [2.45, 2.75) is 46.6 Å². The number of fused-ring (bicyclic) bond motifs is 1. The average molecular weight is 250 g/mol. The number of amides is 1. The molecule has 0 aromatic rings. The van der Waals surface area contributed by atoms with Crippen LogP contribution in [-0.2, 0) is 4.79 Å². The smallest absolute Gasteiger partial charge is 0.226 e. The second-order valence-electron chi connectivity index (χ2n) is 7.58. The van der Waals surface area contributed by atoms with E-state index in [1.165, 1.54) is 12.8 Å². The van der Waals surface area contributed by atoms with Crippen LogP contribution in [0, 0.1) is 22.7 Å². The monoisotopic (exact) mass is 250 g/mol. The molecule has 1 aliphatic carbocycles. The fourth-order valence-corrected chi connectivity index (χ4v) is 4.22. The third-order valence-electron chi connectivity index (χ3n) is 6.18. The molecule has 0 bridgehead atoms. The molecule has 0 spiro atoms. The fourth-order valence-electron chi connectivity index (χ4n) is 4.22. The second kappa shape index (κ2) is 3.72.